The lowest BCUT2D eigenvalue weighted by Gasteiger charge is -2.30. The number of nitro groups is 1. The first-order valence-corrected chi connectivity index (χ1v) is 12.9. The fraction of sp³-hybridized carbons (Fsp3) is 0.476. The van der Waals surface area contributed by atoms with Crippen molar-refractivity contribution in [2.75, 3.05) is 6.61 Å². The van der Waals surface area contributed by atoms with Gasteiger partial charge in [-0.25, -0.2) is 9.36 Å². The number of aliphatic hydroxyl groups is 2. The number of benzene rings is 1. The second kappa shape index (κ2) is 11.7. The molecule has 0 spiro atoms. The van der Waals surface area contributed by atoms with Gasteiger partial charge in [0, 0.05) is 18.6 Å². The molecule has 4 N–H and O–H groups in total. The summed E-state index contributed by atoms with van der Waals surface area (Å²) in [6, 6.07) is 2.96. The Morgan fingerprint density at radius 3 is 2.64 bits per heavy atom. The smallest absolute Gasteiger partial charge is 0.461 e. The molecular weight excluding hydrogens is 550 g/mol. The average Bonchev–Trinajstić information content (AvgIpc) is 3.16. The van der Waals surface area contributed by atoms with Crippen LogP contribution in [0.5, 0.6) is 5.75 Å². The first-order valence-electron chi connectivity index (χ1n) is 11.4. The van der Waals surface area contributed by atoms with Crippen molar-refractivity contribution in [3.8, 4) is 5.75 Å². The van der Waals surface area contributed by atoms with E-state index in [0.29, 0.717) is 10.8 Å². The molecule has 0 radical (unpaired) electrons. The van der Waals surface area contributed by atoms with Gasteiger partial charge in [0.15, 0.2) is 6.29 Å². The Bertz CT molecular complexity index is 1380. The number of esters is 1. The first kappa shape index (κ1) is 30.1. The molecule has 1 saturated heterocycles. The van der Waals surface area contributed by atoms with Crippen LogP contribution in [0.15, 0.2) is 40.1 Å². The molecule has 39 heavy (non-hydrogen) atoms. The second-order valence-electron chi connectivity index (χ2n) is 8.57. The number of H-pyrrole nitrogens is 1. The van der Waals surface area contributed by atoms with E-state index in [-0.39, 0.29) is 18.0 Å². The minimum absolute atomic E-state index is 0.00670. The fourth-order valence-electron chi connectivity index (χ4n) is 3.73. The number of nitrogens with one attached hydrogen (secondary N) is 2. The summed E-state index contributed by atoms with van der Waals surface area (Å²) in [5.74, 6) is -2.38. The van der Waals surface area contributed by atoms with Crippen molar-refractivity contribution in [3.05, 3.63) is 67.2 Å². The average molecular weight is 576 g/mol. The van der Waals surface area contributed by atoms with Crippen molar-refractivity contribution < 1.29 is 47.4 Å². The number of ether oxygens (including phenoxy) is 2. The Labute approximate surface area is 219 Å². The molecule has 1 aromatic heterocycles. The summed E-state index contributed by atoms with van der Waals surface area (Å²) in [6.45, 7) is 4.05. The molecule has 2 aromatic rings. The number of carbonyl (C=O) groups excluding carboxylic acids is 1. The lowest BCUT2D eigenvalue weighted by molar-refractivity contribution is -0.384. The molecule has 1 aliphatic rings. The molecule has 0 bridgehead atoms. The number of aliphatic hydroxyl groups excluding tert-OH is 2. The molecule has 0 amide bonds. The molecule has 0 aliphatic carbocycles. The number of rotatable bonds is 11. The van der Waals surface area contributed by atoms with Crippen LogP contribution in [0.4, 0.5) is 10.1 Å². The van der Waals surface area contributed by atoms with Gasteiger partial charge in [0.1, 0.15) is 23.6 Å². The van der Waals surface area contributed by atoms with E-state index in [1.165, 1.54) is 20.8 Å². The molecule has 3 unspecified atom stereocenters. The summed E-state index contributed by atoms with van der Waals surface area (Å²) in [6.07, 6.45) is -5.32. The van der Waals surface area contributed by atoms with Crippen LogP contribution in [-0.2, 0) is 29.1 Å². The predicted octanol–water partition coefficient (Wildman–Crippen LogP) is 0.470. The van der Waals surface area contributed by atoms with E-state index in [2.05, 4.69) is 5.09 Å². The number of nitrogens with zero attached hydrogens (tertiary/aromatic N) is 2. The Hall–Kier alpha value is -3.47. The van der Waals surface area contributed by atoms with Gasteiger partial charge < -0.3 is 24.2 Å². The summed E-state index contributed by atoms with van der Waals surface area (Å²) in [4.78, 5) is 47.7. The monoisotopic (exact) mass is 576 g/mol. The van der Waals surface area contributed by atoms with Gasteiger partial charge >= 0.3 is 19.4 Å². The van der Waals surface area contributed by atoms with Gasteiger partial charge in [-0.2, -0.15) is 9.48 Å². The van der Waals surface area contributed by atoms with Crippen molar-refractivity contribution in [1.29, 1.82) is 0 Å². The van der Waals surface area contributed by atoms with Crippen LogP contribution < -0.4 is 20.9 Å². The highest BCUT2D eigenvalue weighted by Crippen LogP contribution is 2.48. The zero-order valence-corrected chi connectivity index (χ0v) is 21.7. The zero-order chi connectivity index (χ0) is 29.1. The van der Waals surface area contributed by atoms with E-state index in [9.17, 15) is 43.7 Å². The first-order chi connectivity index (χ1) is 18.2. The number of hydrogen-bond donors (Lipinski definition) is 4. The molecule has 3 rings (SSSR count). The van der Waals surface area contributed by atoms with Crippen molar-refractivity contribution in [2.24, 2.45) is 0 Å². The maximum Gasteiger partial charge on any atom is 0.461 e. The summed E-state index contributed by atoms with van der Waals surface area (Å²) in [5, 5.41) is 34.4. The SMILES string of the molecule is CCOC(=O)[C@H](C)NP(=O)(Oc1ccc([N+](=O)[O-])cc1)OC(O)[C@H]1O[C@@](C)(n2cc(F)c(=O)[nH]c2=O)CC1O. The summed E-state index contributed by atoms with van der Waals surface area (Å²) >= 11 is 0. The largest absolute Gasteiger partial charge is 0.465 e. The van der Waals surface area contributed by atoms with Crippen LogP contribution in [0.25, 0.3) is 0 Å². The maximum atomic E-state index is 13.8. The highest BCUT2D eigenvalue weighted by Gasteiger charge is 2.50. The van der Waals surface area contributed by atoms with Crippen LogP contribution in [-0.4, -0.2) is 61.8 Å². The van der Waals surface area contributed by atoms with Gasteiger partial charge in [-0.05, 0) is 32.9 Å². The third-order valence-electron chi connectivity index (χ3n) is 5.56. The molecule has 6 atom stereocenters. The van der Waals surface area contributed by atoms with E-state index in [4.69, 9.17) is 18.5 Å². The minimum Gasteiger partial charge on any atom is -0.465 e. The molecule has 16 nitrogen and oxygen atoms in total. The van der Waals surface area contributed by atoms with E-state index in [1.54, 1.807) is 4.98 Å². The van der Waals surface area contributed by atoms with Crippen LogP contribution >= 0.6 is 7.75 Å². The van der Waals surface area contributed by atoms with Crippen molar-refractivity contribution in [2.45, 2.75) is 57.5 Å². The van der Waals surface area contributed by atoms with Crippen molar-refractivity contribution in [3.63, 3.8) is 0 Å². The zero-order valence-electron chi connectivity index (χ0n) is 20.8. The number of aromatic nitrogens is 2. The maximum absolute atomic E-state index is 13.8. The Balaban J connectivity index is 1.86. The molecule has 214 valence electrons. The van der Waals surface area contributed by atoms with E-state index in [1.807, 2.05) is 0 Å². The van der Waals surface area contributed by atoms with E-state index in [0.717, 1.165) is 24.3 Å². The van der Waals surface area contributed by atoms with Gasteiger partial charge in [0.25, 0.3) is 11.2 Å². The Morgan fingerprint density at radius 1 is 1.41 bits per heavy atom. The Kier molecular flexibility index (Phi) is 9.05. The lowest BCUT2D eigenvalue weighted by Crippen LogP contribution is -2.44. The summed E-state index contributed by atoms with van der Waals surface area (Å²) in [7, 11) is -4.72. The quantitative estimate of drug-likeness (QED) is 0.0940. The molecule has 18 heteroatoms. The van der Waals surface area contributed by atoms with Gasteiger partial charge in [0.2, 0.25) is 5.82 Å². The summed E-state index contributed by atoms with van der Waals surface area (Å²) in [5.41, 5.74) is -4.43. The predicted molar refractivity (Wildman–Crippen MR) is 128 cm³/mol. The number of halogens is 1. The van der Waals surface area contributed by atoms with Gasteiger partial charge in [0.05, 0.1) is 23.8 Å². The number of hydrogen-bond acceptors (Lipinski definition) is 12. The number of carbonyl (C=O) groups is 1. The third kappa shape index (κ3) is 6.95. The normalized spacial score (nSPS) is 23.9. The van der Waals surface area contributed by atoms with Gasteiger partial charge in [-0.15, -0.1) is 0 Å². The van der Waals surface area contributed by atoms with Crippen LogP contribution in [0.2, 0.25) is 0 Å². The highest BCUT2D eigenvalue weighted by atomic mass is 31.2. The lowest BCUT2D eigenvalue weighted by atomic mass is 10.1. The van der Waals surface area contributed by atoms with Gasteiger partial charge in [-0.1, -0.05) is 0 Å². The number of aromatic amines is 1. The third-order valence-corrected chi connectivity index (χ3v) is 7.21. The van der Waals surface area contributed by atoms with Crippen molar-refractivity contribution >= 4 is 19.4 Å². The standard InChI is InChI=1S/C21H26FN4O12P/c1-4-35-18(29)11(2)24-39(34,37-13-7-5-12(6-8-13)26(32)33)38-19(30)16-15(27)9-21(3,36-16)25-10-14(22)17(28)23-20(25)31/h5-8,10-11,15-16,19,27,30H,4,9H2,1-3H3,(H,24,34)(H,23,28,31)/t11-,15?,16-,19?,21+,39?/m0/s1. The fourth-order valence-corrected chi connectivity index (χ4v) is 5.27. The molecule has 1 fully saturated rings. The number of nitro benzene ring substituents is 1. The van der Waals surface area contributed by atoms with E-state index < -0.39 is 72.4 Å². The second-order valence-corrected chi connectivity index (χ2v) is 10.2. The molecule has 1 aliphatic heterocycles. The molecule has 1 aromatic carbocycles. The van der Waals surface area contributed by atoms with Gasteiger partial charge in [-0.3, -0.25) is 33.8 Å². The molecule has 0 saturated carbocycles. The highest BCUT2D eigenvalue weighted by molar-refractivity contribution is 7.52. The van der Waals surface area contributed by atoms with Crippen molar-refractivity contribution in [1.82, 2.24) is 14.6 Å². The minimum atomic E-state index is -4.72. The number of non-ortho nitro benzene ring substituents is 1. The van der Waals surface area contributed by atoms with E-state index >= 15 is 0 Å². The van der Waals surface area contributed by atoms with Crippen LogP contribution in [0, 0.1) is 15.9 Å². The Morgan fingerprint density at radius 2 is 2.05 bits per heavy atom. The van der Waals surface area contributed by atoms with Crippen LogP contribution in [0.3, 0.4) is 0 Å². The van der Waals surface area contributed by atoms with Crippen LogP contribution in [0.1, 0.15) is 27.2 Å². The topological polar surface area (TPSA) is 222 Å². The molecular formula is C21H26FN4O12P. The summed E-state index contributed by atoms with van der Waals surface area (Å²) < 4.78 is 49.1. The molecule has 2 heterocycles.